The Morgan fingerprint density at radius 3 is 2.25 bits per heavy atom. The van der Waals surface area contributed by atoms with Crippen molar-refractivity contribution >= 4 is 21.9 Å². The molecular formula is C19H20N4O4S. The first-order chi connectivity index (χ1) is 13.5. The molecule has 0 aliphatic heterocycles. The van der Waals surface area contributed by atoms with Gasteiger partial charge in [-0.25, -0.2) is 8.42 Å². The summed E-state index contributed by atoms with van der Waals surface area (Å²) < 4.78 is 31.8. The van der Waals surface area contributed by atoms with Crippen LogP contribution in [0.1, 0.15) is 24.2 Å². The first-order valence-electron chi connectivity index (χ1n) is 8.76. The molecule has 3 rings (SSSR count). The third-order valence-electron chi connectivity index (χ3n) is 4.13. The number of amides is 1. The van der Waals surface area contributed by atoms with Crippen molar-refractivity contribution < 1.29 is 17.6 Å². The van der Waals surface area contributed by atoms with Gasteiger partial charge in [0, 0.05) is 24.2 Å². The predicted octanol–water partition coefficient (Wildman–Crippen LogP) is 3.02. The quantitative estimate of drug-likeness (QED) is 0.653. The maximum absolute atomic E-state index is 12.5. The molecule has 3 aromatic rings. The number of sulfonamides is 1. The molecule has 146 valence electrons. The van der Waals surface area contributed by atoms with Gasteiger partial charge in [0.2, 0.25) is 15.9 Å². The van der Waals surface area contributed by atoms with E-state index in [2.05, 4.69) is 15.5 Å². The van der Waals surface area contributed by atoms with E-state index in [4.69, 9.17) is 4.42 Å². The molecule has 8 nitrogen and oxygen atoms in total. The van der Waals surface area contributed by atoms with E-state index in [0.29, 0.717) is 13.1 Å². The number of hydrogen-bond donors (Lipinski definition) is 1. The summed E-state index contributed by atoms with van der Waals surface area (Å²) >= 11 is 0. The molecule has 0 spiro atoms. The molecule has 0 atom stereocenters. The number of aromatic nitrogens is 2. The predicted molar refractivity (Wildman–Crippen MR) is 104 cm³/mol. The van der Waals surface area contributed by atoms with Crippen molar-refractivity contribution in [2.24, 2.45) is 0 Å². The summed E-state index contributed by atoms with van der Waals surface area (Å²) in [7, 11) is -3.57. The van der Waals surface area contributed by atoms with Gasteiger partial charge in [-0.3, -0.25) is 10.1 Å². The van der Waals surface area contributed by atoms with Crippen molar-refractivity contribution in [2.45, 2.75) is 18.7 Å². The summed E-state index contributed by atoms with van der Waals surface area (Å²) in [6, 6.07) is 14.8. The fourth-order valence-corrected chi connectivity index (χ4v) is 4.09. The zero-order valence-electron chi connectivity index (χ0n) is 15.5. The molecule has 28 heavy (non-hydrogen) atoms. The van der Waals surface area contributed by atoms with Gasteiger partial charge in [0.1, 0.15) is 0 Å². The van der Waals surface area contributed by atoms with Gasteiger partial charge in [-0.05, 0) is 36.4 Å². The van der Waals surface area contributed by atoms with Crippen LogP contribution >= 0.6 is 0 Å². The summed E-state index contributed by atoms with van der Waals surface area (Å²) in [5.74, 6) is -0.188. The van der Waals surface area contributed by atoms with Crippen molar-refractivity contribution in [3.8, 4) is 11.5 Å². The van der Waals surface area contributed by atoms with Crippen molar-refractivity contribution in [3.63, 3.8) is 0 Å². The minimum absolute atomic E-state index is 0.0382. The second-order valence-corrected chi connectivity index (χ2v) is 7.78. The zero-order chi connectivity index (χ0) is 20.1. The van der Waals surface area contributed by atoms with E-state index in [1.54, 1.807) is 13.8 Å². The maximum atomic E-state index is 12.5. The number of carbonyl (C=O) groups is 1. The van der Waals surface area contributed by atoms with Gasteiger partial charge >= 0.3 is 6.01 Å². The molecule has 2 aromatic carbocycles. The van der Waals surface area contributed by atoms with Crippen molar-refractivity contribution in [1.82, 2.24) is 14.5 Å². The topological polar surface area (TPSA) is 105 Å². The molecule has 1 heterocycles. The third-order valence-corrected chi connectivity index (χ3v) is 6.19. The maximum Gasteiger partial charge on any atom is 0.322 e. The third kappa shape index (κ3) is 4.10. The minimum Gasteiger partial charge on any atom is -0.403 e. The average molecular weight is 400 g/mol. The van der Waals surface area contributed by atoms with Gasteiger partial charge in [0.05, 0.1) is 4.90 Å². The van der Waals surface area contributed by atoms with Crippen LogP contribution in [0.15, 0.2) is 63.9 Å². The summed E-state index contributed by atoms with van der Waals surface area (Å²) in [5.41, 5.74) is 1.01. The highest BCUT2D eigenvalue weighted by atomic mass is 32.2. The summed E-state index contributed by atoms with van der Waals surface area (Å²) in [5, 5.41) is 10.2. The summed E-state index contributed by atoms with van der Waals surface area (Å²) in [6.45, 7) is 4.30. The highest BCUT2D eigenvalue weighted by Gasteiger charge is 2.22. The number of hydrogen-bond acceptors (Lipinski definition) is 6. The van der Waals surface area contributed by atoms with Gasteiger partial charge in [0.25, 0.3) is 5.91 Å². The number of carbonyl (C=O) groups excluding carboxylic acids is 1. The lowest BCUT2D eigenvalue weighted by Crippen LogP contribution is -2.30. The first-order valence-corrected chi connectivity index (χ1v) is 10.2. The molecule has 1 aromatic heterocycles. The van der Waals surface area contributed by atoms with Gasteiger partial charge in [-0.1, -0.05) is 37.1 Å². The molecular weight excluding hydrogens is 380 g/mol. The van der Waals surface area contributed by atoms with Crippen LogP contribution in [0, 0.1) is 0 Å². The molecule has 9 heteroatoms. The molecule has 0 fully saturated rings. The fraction of sp³-hybridized carbons (Fsp3) is 0.211. The summed E-state index contributed by atoms with van der Waals surface area (Å²) in [6.07, 6.45) is 0. The van der Waals surface area contributed by atoms with Crippen LogP contribution in [0.25, 0.3) is 11.5 Å². The Morgan fingerprint density at radius 2 is 1.64 bits per heavy atom. The monoisotopic (exact) mass is 400 g/mol. The van der Waals surface area contributed by atoms with E-state index in [1.165, 1.54) is 28.6 Å². The molecule has 0 saturated heterocycles. The number of benzene rings is 2. The number of nitrogens with zero attached hydrogens (tertiary/aromatic N) is 3. The first kappa shape index (κ1) is 19.7. The smallest absolute Gasteiger partial charge is 0.322 e. The van der Waals surface area contributed by atoms with E-state index >= 15 is 0 Å². The van der Waals surface area contributed by atoms with Gasteiger partial charge < -0.3 is 4.42 Å². The van der Waals surface area contributed by atoms with Crippen LogP contribution in [0.3, 0.4) is 0 Å². The van der Waals surface area contributed by atoms with Gasteiger partial charge in [-0.15, -0.1) is 5.10 Å². The van der Waals surface area contributed by atoms with Gasteiger partial charge in [-0.2, -0.15) is 4.31 Å². The van der Waals surface area contributed by atoms with E-state index < -0.39 is 15.9 Å². The van der Waals surface area contributed by atoms with Crippen LogP contribution in [-0.2, 0) is 10.0 Å². The number of anilines is 1. The van der Waals surface area contributed by atoms with Crippen LogP contribution < -0.4 is 5.32 Å². The van der Waals surface area contributed by atoms with Crippen molar-refractivity contribution in [2.75, 3.05) is 18.4 Å². The van der Waals surface area contributed by atoms with E-state index in [9.17, 15) is 13.2 Å². The molecule has 0 aliphatic carbocycles. The zero-order valence-corrected chi connectivity index (χ0v) is 16.3. The molecule has 0 radical (unpaired) electrons. The van der Waals surface area contributed by atoms with E-state index in [0.717, 1.165) is 5.56 Å². The molecule has 1 amide bonds. The van der Waals surface area contributed by atoms with E-state index in [1.807, 2.05) is 30.3 Å². The normalized spacial score (nSPS) is 11.5. The molecule has 0 unspecified atom stereocenters. The number of rotatable bonds is 7. The standard InChI is InChI=1S/C19H20N4O4S/c1-3-23(4-2)28(25,26)16-12-10-14(11-13-16)17(24)20-19-22-21-18(27-19)15-8-6-5-7-9-15/h5-13H,3-4H2,1-2H3,(H,20,22,24). The summed E-state index contributed by atoms with van der Waals surface area (Å²) in [4.78, 5) is 12.5. The second kappa shape index (κ2) is 8.32. The Labute approximate surface area is 163 Å². The Morgan fingerprint density at radius 1 is 1.00 bits per heavy atom. The fourth-order valence-electron chi connectivity index (χ4n) is 2.63. The lowest BCUT2D eigenvalue weighted by molar-refractivity contribution is 0.102. The molecule has 0 bridgehead atoms. The highest BCUT2D eigenvalue weighted by Crippen LogP contribution is 2.20. The Balaban J connectivity index is 1.73. The second-order valence-electron chi connectivity index (χ2n) is 5.85. The minimum atomic E-state index is -3.57. The van der Waals surface area contributed by atoms with Gasteiger partial charge in [0.15, 0.2) is 0 Å². The SMILES string of the molecule is CCN(CC)S(=O)(=O)c1ccc(C(=O)Nc2nnc(-c3ccccc3)o2)cc1. The van der Waals surface area contributed by atoms with Crippen molar-refractivity contribution in [1.29, 1.82) is 0 Å². The van der Waals surface area contributed by atoms with Crippen LogP contribution in [0.4, 0.5) is 6.01 Å². The highest BCUT2D eigenvalue weighted by molar-refractivity contribution is 7.89. The number of nitrogens with one attached hydrogen (secondary N) is 1. The molecule has 0 saturated carbocycles. The van der Waals surface area contributed by atoms with Crippen LogP contribution in [-0.4, -0.2) is 41.9 Å². The Bertz CT molecular complexity index is 1040. The molecule has 0 aliphatic rings. The average Bonchev–Trinajstić information content (AvgIpc) is 3.18. The lowest BCUT2D eigenvalue weighted by Gasteiger charge is -2.18. The Kier molecular flexibility index (Phi) is 5.86. The largest absolute Gasteiger partial charge is 0.403 e. The van der Waals surface area contributed by atoms with Crippen LogP contribution in [0.5, 0.6) is 0 Å². The van der Waals surface area contributed by atoms with E-state index in [-0.39, 0.29) is 22.4 Å². The Hall–Kier alpha value is -3.04. The molecule has 1 N–H and O–H groups in total. The van der Waals surface area contributed by atoms with Crippen LogP contribution in [0.2, 0.25) is 0 Å². The van der Waals surface area contributed by atoms with Crippen molar-refractivity contribution in [3.05, 3.63) is 60.2 Å². The lowest BCUT2D eigenvalue weighted by atomic mass is 10.2.